The number of hydrogen-bond donors (Lipinski definition) is 1. The molecule has 0 bridgehead atoms. The van der Waals surface area contributed by atoms with Crippen LogP contribution in [0.2, 0.25) is 0 Å². The van der Waals surface area contributed by atoms with E-state index in [1.54, 1.807) is 25.7 Å². The minimum absolute atomic E-state index is 0.133. The fraction of sp³-hybridized carbons (Fsp3) is 0.550. The number of carbonyl (C=O) groups is 3. The van der Waals surface area contributed by atoms with Crippen molar-refractivity contribution in [2.45, 2.75) is 45.1 Å². The van der Waals surface area contributed by atoms with Crippen LogP contribution in [0.4, 0.5) is 19.3 Å². The number of hydrogen-bond acceptors (Lipinski definition) is 5. The average Bonchev–Trinajstić information content (AvgIpc) is 2.60. The summed E-state index contributed by atoms with van der Waals surface area (Å²) in [5.74, 6) is -3.22. The van der Waals surface area contributed by atoms with E-state index in [1.807, 2.05) is 0 Å². The Labute approximate surface area is 168 Å². The van der Waals surface area contributed by atoms with Crippen molar-refractivity contribution in [1.29, 1.82) is 0 Å². The second-order valence-electron chi connectivity index (χ2n) is 8.29. The first-order chi connectivity index (χ1) is 13.5. The van der Waals surface area contributed by atoms with Crippen molar-refractivity contribution >= 4 is 23.6 Å². The number of piperidine rings is 1. The van der Waals surface area contributed by atoms with Crippen LogP contribution in [-0.2, 0) is 14.3 Å². The van der Waals surface area contributed by atoms with Crippen molar-refractivity contribution in [3.63, 3.8) is 0 Å². The van der Waals surface area contributed by atoms with E-state index in [9.17, 15) is 23.2 Å². The van der Waals surface area contributed by atoms with Gasteiger partial charge in [0, 0.05) is 32.6 Å². The van der Waals surface area contributed by atoms with Crippen LogP contribution in [-0.4, -0.2) is 54.6 Å². The molecular formula is C20H25F2N3O4. The smallest absolute Gasteiger partial charge is 0.410 e. The number of carbonyl (C=O) groups excluding carboxylic acids is 3. The second kappa shape index (κ2) is 7.96. The lowest BCUT2D eigenvalue weighted by atomic mass is 9.90. The van der Waals surface area contributed by atoms with Gasteiger partial charge in [0.1, 0.15) is 22.9 Å². The highest BCUT2D eigenvalue weighted by Crippen LogP contribution is 2.32. The van der Waals surface area contributed by atoms with E-state index in [0.29, 0.717) is 0 Å². The molecule has 1 N–H and O–H groups in total. The molecule has 0 aromatic heterocycles. The third kappa shape index (κ3) is 4.83. The van der Waals surface area contributed by atoms with Crippen LogP contribution in [0.1, 0.15) is 45.1 Å². The van der Waals surface area contributed by atoms with E-state index >= 15 is 0 Å². The summed E-state index contributed by atoms with van der Waals surface area (Å²) >= 11 is 0. The zero-order valence-corrected chi connectivity index (χ0v) is 16.8. The van der Waals surface area contributed by atoms with E-state index in [2.05, 4.69) is 5.32 Å². The summed E-state index contributed by atoms with van der Waals surface area (Å²) in [7, 11) is 0. The lowest BCUT2D eigenvalue weighted by Crippen LogP contribution is -2.50. The van der Waals surface area contributed by atoms with Gasteiger partial charge in [0.25, 0.3) is 0 Å². The van der Waals surface area contributed by atoms with Gasteiger partial charge in [-0.15, -0.1) is 0 Å². The Hall–Kier alpha value is -2.71. The number of rotatable bonds is 2. The lowest BCUT2D eigenvalue weighted by Gasteiger charge is -2.37. The van der Waals surface area contributed by atoms with Crippen LogP contribution in [0.3, 0.4) is 0 Å². The van der Waals surface area contributed by atoms with Gasteiger partial charge < -0.3 is 14.5 Å². The topological polar surface area (TPSA) is 79.0 Å². The Morgan fingerprint density at radius 2 is 1.69 bits per heavy atom. The van der Waals surface area contributed by atoms with Crippen LogP contribution >= 0.6 is 0 Å². The standard InChI is InChI=1S/C20H25F2N3O4/c1-20(2,3)29-19(28)25-8-6-24(7-9-25)17-14(21)10-12(11-15(17)22)13-4-5-16(26)23-18(13)27/h10-11,13H,4-9H2,1-3H3,(H,23,26,27). The molecule has 1 unspecified atom stereocenters. The molecular weight excluding hydrogens is 384 g/mol. The number of amides is 3. The van der Waals surface area contributed by atoms with Crippen LogP contribution in [0.25, 0.3) is 0 Å². The number of halogens is 2. The van der Waals surface area contributed by atoms with Crippen LogP contribution in [0.5, 0.6) is 0 Å². The summed E-state index contributed by atoms with van der Waals surface area (Å²) in [4.78, 5) is 38.4. The monoisotopic (exact) mass is 409 g/mol. The van der Waals surface area contributed by atoms with Crippen molar-refractivity contribution in [3.8, 4) is 0 Å². The zero-order valence-electron chi connectivity index (χ0n) is 16.8. The quantitative estimate of drug-likeness (QED) is 0.760. The minimum Gasteiger partial charge on any atom is -0.444 e. The van der Waals surface area contributed by atoms with E-state index in [-0.39, 0.29) is 56.2 Å². The maximum Gasteiger partial charge on any atom is 0.410 e. The molecule has 2 aliphatic rings. The first-order valence-corrected chi connectivity index (χ1v) is 9.60. The minimum atomic E-state index is -0.768. The highest BCUT2D eigenvalue weighted by molar-refractivity contribution is 6.00. The molecule has 3 rings (SSSR count). The number of benzene rings is 1. The molecule has 1 aromatic carbocycles. The highest BCUT2D eigenvalue weighted by atomic mass is 19.1. The average molecular weight is 409 g/mol. The van der Waals surface area contributed by atoms with Crippen molar-refractivity contribution in [1.82, 2.24) is 10.2 Å². The van der Waals surface area contributed by atoms with Crippen molar-refractivity contribution < 1.29 is 27.9 Å². The van der Waals surface area contributed by atoms with Gasteiger partial charge in [-0.2, -0.15) is 0 Å². The van der Waals surface area contributed by atoms with Gasteiger partial charge in [-0.05, 0) is 44.9 Å². The molecule has 158 valence electrons. The van der Waals surface area contributed by atoms with Gasteiger partial charge in [0.05, 0.1) is 5.92 Å². The summed E-state index contributed by atoms with van der Waals surface area (Å²) in [6.45, 7) is 6.39. The number of imide groups is 1. The largest absolute Gasteiger partial charge is 0.444 e. The first kappa shape index (κ1) is 21.0. The Balaban J connectivity index is 1.70. The fourth-order valence-corrected chi connectivity index (χ4v) is 3.54. The van der Waals surface area contributed by atoms with Gasteiger partial charge in [0.2, 0.25) is 11.8 Å². The van der Waals surface area contributed by atoms with Crippen LogP contribution < -0.4 is 10.2 Å². The maximum atomic E-state index is 14.7. The van der Waals surface area contributed by atoms with Gasteiger partial charge >= 0.3 is 6.09 Å². The maximum absolute atomic E-state index is 14.7. The van der Waals surface area contributed by atoms with Gasteiger partial charge in [0.15, 0.2) is 0 Å². The molecule has 9 heteroatoms. The Kier molecular flexibility index (Phi) is 5.77. The second-order valence-corrected chi connectivity index (χ2v) is 8.29. The molecule has 0 radical (unpaired) electrons. The van der Waals surface area contributed by atoms with E-state index in [1.165, 1.54) is 4.90 Å². The molecule has 1 aromatic rings. The van der Waals surface area contributed by atoms with Gasteiger partial charge in [-0.3, -0.25) is 14.9 Å². The highest BCUT2D eigenvalue weighted by Gasteiger charge is 2.32. The summed E-state index contributed by atoms with van der Waals surface area (Å²) in [5.41, 5.74) is -0.579. The Morgan fingerprint density at radius 3 is 2.21 bits per heavy atom. The summed E-state index contributed by atoms with van der Waals surface area (Å²) in [6, 6.07) is 2.30. The van der Waals surface area contributed by atoms with Crippen LogP contribution in [0, 0.1) is 11.6 Å². The molecule has 1 atom stereocenters. The number of piperazine rings is 1. The summed E-state index contributed by atoms with van der Waals surface area (Å²) < 4.78 is 34.8. The molecule has 0 saturated carbocycles. The molecule has 29 heavy (non-hydrogen) atoms. The zero-order chi connectivity index (χ0) is 21.3. The number of nitrogens with zero attached hydrogens (tertiary/aromatic N) is 2. The number of anilines is 1. The third-order valence-corrected chi connectivity index (χ3v) is 4.93. The molecule has 2 heterocycles. The summed E-state index contributed by atoms with van der Waals surface area (Å²) in [6.07, 6.45) is -0.0998. The molecule has 3 amide bonds. The summed E-state index contributed by atoms with van der Waals surface area (Å²) in [5, 5.41) is 2.19. The lowest BCUT2D eigenvalue weighted by molar-refractivity contribution is -0.134. The molecule has 0 aliphatic carbocycles. The van der Waals surface area contributed by atoms with Crippen molar-refractivity contribution in [2.75, 3.05) is 31.1 Å². The predicted molar refractivity (Wildman–Crippen MR) is 102 cm³/mol. The third-order valence-electron chi connectivity index (χ3n) is 4.93. The molecule has 0 spiro atoms. The first-order valence-electron chi connectivity index (χ1n) is 9.60. The number of ether oxygens (including phenoxy) is 1. The van der Waals surface area contributed by atoms with E-state index in [0.717, 1.165) is 12.1 Å². The predicted octanol–water partition coefficient (Wildman–Crippen LogP) is 2.54. The molecule has 7 nitrogen and oxygen atoms in total. The molecule has 2 fully saturated rings. The van der Waals surface area contributed by atoms with E-state index < -0.39 is 35.2 Å². The van der Waals surface area contributed by atoms with Crippen LogP contribution in [0.15, 0.2) is 12.1 Å². The normalized spacial score (nSPS) is 20.5. The van der Waals surface area contributed by atoms with Crippen molar-refractivity contribution in [2.24, 2.45) is 0 Å². The Bertz CT molecular complexity index is 807. The SMILES string of the molecule is CC(C)(C)OC(=O)N1CCN(c2c(F)cc(C3CCC(=O)NC3=O)cc2F)CC1. The number of nitrogens with one attached hydrogen (secondary N) is 1. The van der Waals surface area contributed by atoms with Crippen molar-refractivity contribution in [3.05, 3.63) is 29.3 Å². The molecule has 2 saturated heterocycles. The molecule has 2 aliphatic heterocycles. The van der Waals surface area contributed by atoms with Gasteiger partial charge in [-0.25, -0.2) is 13.6 Å². The Morgan fingerprint density at radius 1 is 1.10 bits per heavy atom. The van der Waals surface area contributed by atoms with Gasteiger partial charge in [-0.1, -0.05) is 0 Å². The fourth-order valence-electron chi connectivity index (χ4n) is 3.54. The van der Waals surface area contributed by atoms with E-state index in [4.69, 9.17) is 4.74 Å².